The highest BCUT2D eigenvalue weighted by Gasteiger charge is 2.12. The molecule has 0 aliphatic heterocycles. The third kappa shape index (κ3) is 5.03. The van der Waals surface area contributed by atoms with Gasteiger partial charge in [-0.25, -0.2) is 0 Å². The summed E-state index contributed by atoms with van der Waals surface area (Å²) < 4.78 is 0. The highest BCUT2D eigenvalue weighted by Crippen LogP contribution is 2.21. The number of carbonyl (C=O) groups excluding carboxylic acids is 1. The van der Waals surface area contributed by atoms with Crippen molar-refractivity contribution in [3.63, 3.8) is 0 Å². The average molecular weight is 262 g/mol. The van der Waals surface area contributed by atoms with Gasteiger partial charge in [0.1, 0.15) is 0 Å². The largest absolute Gasteiger partial charge is 0.330 e. The van der Waals surface area contributed by atoms with Crippen molar-refractivity contribution in [2.45, 2.75) is 46.0 Å². The lowest BCUT2D eigenvalue weighted by atomic mass is 9.98. The topological polar surface area (TPSA) is 55.1 Å². The molecule has 0 aliphatic carbocycles. The predicted octanol–water partition coefficient (Wildman–Crippen LogP) is 3.51. The Balaban J connectivity index is 2.55. The first kappa shape index (κ1) is 15.7. The molecule has 0 bridgehead atoms. The van der Waals surface area contributed by atoms with Crippen LogP contribution >= 0.6 is 0 Å². The molecule has 0 saturated heterocycles. The van der Waals surface area contributed by atoms with Crippen LogP contribution in [0.5, 0.6) is 0 Å². The van der Waals surface area contributed by atoms with Gasteiger partial charge in [-0.15, -0.1) is 0 Å². The minimum atomic E-state index is 0.0118. The van der Waals surface area contributed by atoms with Gasteiger partial charge >= 0.3 is 0 Å². The van der Waals surface area contributed by atoms with E-state index in [0.717, 1.165) is 24.9 Å². The van der Waals surface area contributed by atoms with Crippen LogP contribution < -0.4 is 11.1 Å². The van der Waals surface area contributed by atoms with E-state index in [1.165, 1.54) is 5.56 Å². The molecule has 1 amide bonds. The molecule has 3 N–H and O–H groups in total. The van der Waals surface area contributed by atoms with Gasteiger partial charge in [0.05, 0.1) is 0 Å². The van der Waals surface area contributed by atoms with E-state index in [-0.39, 0.29) is 11.8 Å². The number of rotatable bonds is 7. The molecule has 19 heavy (non-hydrogen) atoms. The smallest absolute Gasteiger partial charge is 0.227 e. The van der Waals surface area contributed by atoms with E-state index in [1.807, 2.05) is 19.1 Å². The molecule has 0 spiro atoms. The Morgan fingerprint density at radius 2 is 1.89 bits per heavy atom. The van der Waals surface area contributed by atoms with Gasteiger partial charge in [-0.3, -0.25) is 4.79 Å². The van der Waals surface area contributed by atoms with Gasteiger partial charge in [-0.1, -0.05) is 32.9 Å². The monoisotopic (exact) mass is 262 g/mol. The van der Waals surface area contributed by atoms with Crippen molar-refractivity contribution < 1.29 is 4.79 Å². The van der Waals surface area contributed by atoms with Crippen LogP contribution in [0.4, 0.5) is 5.69 Å². The van der Waals surface area contributed by atoms with Crippen molar-refractivity contribution in [1.29, 1.82) is 0 Å². The number of amides is 1. The first-order valence-electron chi connectivity index (χ1n) is 7.19. The van der Waals surface area contributed by atoms with E-state index >= 15 is 0 Å². The maximum absolute atomic E-state index is 11.9. The van der Waals surface area contributed by atoms with Crippen molar-refractivity contribution >= 4 is 11.6 Å². The van der Waals surface area contributed by atoms with E-state index in [0.29, 0.717) is 12.5 Å². The fourth-order valence-corrected chi connectivity index (χ4v) is 1.95. The maximum atomic E-state index is 11.9. The van der Waals surface area contributed by atoms with Crippen molar-refractivity contribution in [3.8, 4) is 0 Å². The number of nitrogens with two attached hydrogens (primary N) is 1. The first-order valence-corrected chi connectivity index (χ1v) is 7.19. The summed E-state index contributed by atoms with van der Waals surface area (Å²) in [6.07, 6.45) is 2.86. The van der Waals surface area contributed by atoms with Crippen LogP contribution in [0.25, 0.3) is 0 Å². The highest BCUT2D eigenvalue weighted by molar-refractivity contribution is 5.92. The van der Waals surface area contributed by atoms with E-state index in [4.69, 9.17) is 5.73 Å². The average Bonchev–Trinajstić information content (AvgIpc) is 2.44. The lowest BCUT2D eigenvalue weighted by Crippen LogP contribution is -2.21. The second-order valence-electron chi connectivity index (χ2n) is 5.25. The normalized spacial score (nSPS) is 13.9. The Bertz CT molecular complexity index is 386. The molecule has 3 nitrogen and oxygen atoms in total. The molecule has 0 heterocycles. The van der Waals surface area contributed by atoms with Crippen molar-refractivity contribution in [2.75, 3.05) is 11.9 Å². The molecule has 1 rings (SSSR count). The predicted molar refractivity (Wildman–Crippen MR) is 81.2 cm³/mol. The van der Waals surface area contributed by atoms with E-state index in [1.54, 1.807) is 0 Å². The van der Waals surface area contributed by atoms with E-state index < -0.39 is 0 Å². The van der Waals surface area contributed by atoms with Crippen LogP contribution in [-0.4, -0.2) is 12.5 Å². The standard InChI is InChI=1S/C16H26N2O/c1-4-12(2)14-7-9-15(10-8-14)18-16(19)13(3)6-5-11-17/h7-10,12-13H,4-6,11,17H2,1-3H3,(H,18,19). The first-order chi connectivity index (χ1) is 9.08. The Hall–Kier alpha value is -1.35. The minimum Gasteiger partial charge on any atom is -0.330 e. The van der Waals surface area contributed by atoms with Crippen LogP contribution in [0.1, 0.15) is 51.5 Å². The van der Waals surface area contributed by atoms with E-state index in [2.05, 4.69) is 31.3 Å². The lowest BCUT2D eigenvalue weighted by molar-refractivity contribution is -0.119. The van der Waals surface area contributed by atoms with Gasteiger partial charge in [0.2, 0.25) is 5.91 Å². The Kier molecular flexibility index (Phi) is 6.57. The summed E-state index contributed by atoms with van der Waals surface area (Å²) in [4.78, 5) is 11.9. The summed E-state index contributed by atoms with van der Waals surface area (Å²) in [6, 6.07) is 8.15. The molecule has 3 heteroatoms. The van der Waals surface area contributed by atoms with Crippen LogP contribution in [-0.2, 0) is 4.79 Å². The summed E-state index contributed by atoms with van der Waals surface area (Å²) >= 11 is 0. The second-order valence-corrected chi connectivity index (χ2v) is 5.25. The molecule has 0 fully saturated rings. The van der Waals surface area contributed by atoms with Gasteiger partial charge in [0, 0.05) is 11.6 Å². The van der Waals surface area contributed by atoms with Gasteiger partial charge in [0.15, 0.2) is 0 Å². The SMILES string of the molecule is CCC(C)c1ccc(NC(=O)C(C)CCCN)cc1. The van der Waals surface area contributed by atoms with Gasteiger partial charge in [-0.05, 0) is 49.4 Å². The molecular weight excluding hydrogens is 236 g/mol. The lowest BCUT2D eigenvalue weighted by Gasteiger charge is -2.13. The van der Waals surface area contributed by atoms with Gasteiger partial charge < -0.3 is 11.1 Å². The Labute approximate surface area is 116 Å². The quantitative estimate of drug-likeness (QED) is 0.790. The second kappa shape index (κ2) is 7.95. The molecule has 0 radical (unpaired) electrons. The molecular formula is C16H26N2O. The highest BCUT2D eigenvalue weighted by atomic mass is 16.1. The Morgan fingerprint density at radius 1 is 1.26 bits per heavy atom. The number of hydrogen-bond donors (Lipinski definition) is 2. The third-order valence-corrected chi connectivity index (χ3v) is 3.65. The van der Waals surface area contributed by atoms with Crippen LogP contribution in [0.15, 0.2) is 24.3 Å². The molecule has 1 aromatic carbocycles. The summed E-state index contributed by atoms with van der Waals surface area (Å²) in [6.45, 7) is 6.97. The van der Waals surface area contributed by atoms with Gasteiger partial charge in [0.25, 0.3) is 0 Å². The summed E-state index contributed by atoms with van der Waals surface area (Å²) in [5.41, 5.74) is 7.64. The zero-order valence-electron chi connectivity index (χ0n) is 12.3. The zero-order chi connectivity index (χ0) is 14.3. The number of nitrogens with one attached hydrogen (secondary N) is 1. The van der Waals surface area contributed by atoms with E-state index in [9.17, 15) is 4.79 Å². The fourth-order valence-electron chi connectivity index (χ4n) is 1.95. The van der Waals surface area contributed by atoms with Crippen molar-refractivity contribution in [1.82, 2.24) is 0 Å². The fraction of sp³-hybridized carbons (Fsp3) is 0.562. The molecule has 0 saturated carbocycles. The van der Waals surface area contributed by atoms with Gasteiger partial charge in [-0.2, -0.15) is 0 Å². The van der Waals surface area contributed by atoms with Crippen LogP contribution in [0.2, 0.25) is 0 Å². The maximum Gasteiger partial charge on any atom is 0.227 e. The van der Waals surface area contributed by atoms with Crippen LogP contribution in [0.3, 0.4) is 0 Å². The summed E-state index contributed by atoms with van der Waals surface area (Å²) in [5.74, 6) is 0.649. The molecule has 106 valence electrons. The summed E-state index contributed by atoms with van der Waals surface area (Å²) in [7, 11) is 0. The van der Waals surface area contributed by atoms with Crippen molar-refractivity contribution in [3.05, 3.63) is 29.8 Å². The van der Waals surface area contributed by atoms with Crippen LogP contribution in [0, 0.1) is 5.92 Å². The molecule has 0 aromatic heterocycles. The molecule has 1 aromatic rings. The number of carbonyl (C=O) groups is 1. The van der Waals surface area contributed by atoms with Crippen molar-refractivity contribution in [2.24, 2.45) is 11.7 Å². The molecule has 2 atom stereocenters. The zero-order valence-corrected chi connectivity index (χ0v) is 12.3. The third-order valence-electron chi connectivity index (χ3n) is 3.65. The minimum absolute atomic E-state index is 0.0118. The molecule has 0 aliphatic rings. The summed E-state index contributed by atoms with van der Waals surface area (Å²) in [5, 5.41) is 2.95. The number of hydrogen-bond acceptors (Lipinski definition) is 2. The number of anilines is 1. The molecule has 2 unspecified atom stereocenters. The Morgan fingerprint density at radius 3 is 2.42 bits per heavy atom. The number of benzene rings is 1.